The summed E-state index contributed by atoms with van der Waals surface area (Å²) >= 11 is 1.88. The number of aromatic amines is 1. The van der Waals surface area contributed by atoms with E-state index < -0.39 is 0 Å². The van der Waals surface area contributed by atoms with Crippen LogP contribution < -0.4 is 5.32 Å². The molecule has 1 aromatic heterocycles. The van der Waals surface area contributed by atoms with Gasteiger partial charge in [-0.25, -0.2) is 0 Å². The summed E-state index contributed by atoms with van der Waals surface area (Å²) in [6, 6.07) is 9.91. The molecule has 4 rings (SSSR count). The van der Waals surface area contributed by atoms with Crippen molar-refractivity contribution >= 4 is 33.4 Å². The van der Waals surface area contributed by atoms with Crippen LogP contribution in [0.5, 0.6) is 0 Å². The molecule has 1 aliphatic carbocycles. The number of aliphatic imine (C=N–C) groups is 1. The minimum absolute atomic E-state index is 0.488. The van der Waals surface area contributed by atoms with Gasteiger partial charge < -0.3 is 10.3 Å². The SMILES string of the molecule is CC[C@@H]1CSC(c2cc3cccc(NC4CCCC4)c3[nH]2)=N1. The summed E-state index contributed by atoms with van der Waals surface area (Å²) in [7, 11) is 0. The van der Waals surface area contributed by atoms with Crippen LogP contribution in [-0.2, 0) is 0 Å². The first kappa shape index (κ1) is 14.2. The number of nitrogens with one attached hydrogen (secondary N) is 2. The van der Waals surface area contributed by atoms with Crippen molar-refractivity contribution < 1.29 is 0 Å². The molecule has 0 radical (unpaired) electrons. The van der Waals surface area contributed by atoms with E-state index in [4.69, 9.17) is 4.99 Å². The monoisotopic (exact) mass is 313 g/mol. The van der Waals surface area contributed by atoms with Crippen LogP contribution in [0.2, 0.25) is 0 Å². The molecule has 1 aliphatic heterocycles. The van der Waals surface area contributed by atoms with E-state index in [9.17, 15) is 0 Å². The maximum Gasteiger partial charge on any atom is 0.114 e. The van der Waals surface area contributed by atoms with E-state index in [2.05, 4.69) is 41.5 Å². The molecule has 116 valence electrons. The third-order valence-corrected chi connectivity index (χ3v) is 5.94. The van der Waals surface area contributed by atoms with Gasteiger partial charge in [-0.15, -0.1) is 11.8 Å². The number of hydrogen-bond acceptors (Lipinski definition) is 3. The Balaban J connectivity index is 1.65. The van der Waals surface area contributed by atoms with E-state index >= 15 is 0 Å². The van der Waals surface area contributed by atoms with Gasteiger partial charge >= 0.3 is 0 Å². The zero-order valence-corrected chi connectivity index (χ0v) is 13.9. The van der Waals surface area contributed by atoms with Crippen molar-refractivity contribution in [2.24, 2.45) is 4.99 Å². The van der Waals surface area contributed by atoms with Gasteiger partial charge in [0.05, 0.1) is 22.9 Å². The average Bonchev–Trinajstić information content (AvgIpc) is 3.27. The van der Waals surface area contributed by atoms with E-state index in [1.807, 2.05) is 11.8 Å². The Kier molecular flexibility index (Phi) is 3.87. The predicted octanol–water partition coefficient (Wildman–Crippen LogP) is 4.79. The molecule has 2 heterocycles. The zero-order chi connectivity index (χ0) is 14.9. The summed E-state index contributed by atoms with van der Waals surface area (Å²) < 4.78 is 0. The predicted molar refractivity (Wildman–Crippen MR) is 97.3 cm³/mol. The lowest BCUT2D eigenvalue weighted by molar-refractivity contribution is 0.738. The maximum atomic E-state index is 4.83. The van der Waals surface area contributed by atoms with Crippen molar-refractivity contribution in [3.8, 4) is 0 Å². The van der Waals surface area contributed by atoms with Gasteiger partial charge in [-0.2, -0.15) is 0 Å². The molecule has 0 bridgehead atoms. The van der Waals surface area contributed by atoms with Crippen molar-refractivity contribution in [3.63, 3.8) is 0 Å². The van der Waals surface area contributed by atoms with Crippen LogP contribution in [0, 0.1) is 0 Å². The van der Waals surface area contributed by atoms with Crippen LogP contribution in [-0.4, -0.2) is 27.9 Å². The number of benzene rings is 1. The highest BCUT2D eigenvalue weighted by Gasteiger charge is 2.20. The molecule has 22 heavy (non-hydrogen) atoms. The molecule has 2 aliphatic rings. The van der Waals surface area contributed by atoms with E-state index in [1.54, 1.807) is 0 Å². The standard InChI is InChI=1S/C18H23N3S/c1-2-13-11-22-18(20-13)16-10-12-6-5-9-15(17(12)21-16)19-14-7-3-4-8-14/h5-6,9-10,13-14,19,21H,2-4,7-8,11H2,1H3/t13-/m1/s1. The van der Waals surface area contributed by atoms with Gasteiger partial charge in [0.2, 0.25) is 0 Å². The van der Waals surface area contributed by atoms with Crippen molar-refractivity contribution in [1.82, 2.24) is 4.98 Å². The highest BCUT2D eigenvalue weighted by atomic mass is 32.2. The summed E-state index contributed by atoms with van der Waals surface area (Å²) in [5.74, 6) is 1.12. The first-order chi connectivity index (χ1) is 10.8. The number of aromatic nitrogens is 1. The van der Waals surface area contributed by atoms with Gasteiger partial charge in [0.25, 0.3) is 0 Å². The first-order valence-electron chi connectivity index (χ1n) is 8.42. The lowest BCUT2D eigenvalue weighted by atomic mass is 10.2. The maximum absolute atomic E-state index is 4.83. The number of nitrogens with zero attached hydrogens (tertiary/aromatic N) is 1. The van der Waals surface area contributed by atoms with E-state index in [0.717, 1.165) is 12.2 Å². The van der Waals surface area contributed by atoms with Crippen LogP contribution in [0.15, 0.2) is 29.3 Å². The number of H-pyrrole nitrogens is 1. The minimum Gasteiger partial charge on any atom is -0.381 e. The molecule has 1 atom stereocenters. The number of hydrogen-bond donors (Lipinski definition) is 2. The largest absolute Gasteiger partial charge is 0.381 e. The molecule has 2 N–H and O–H groups in total. The second-order valence-corrected chi connectivity index (χ2v) is 7.39. The Morgan fingerprint density at radius 3 is 2.95 bits per heavy atom. The lowest BCUT2D eigenvalue weighted by Gasteiger charge is -2.14. The molecular formula is C18H23N3S. The second-order valence-electron chi connectivity index (χ2n) is 6.39. The fraction of sp³-hybridized carbons (Fsp3) is 0.500. The molecule has 0 spiro atoms. The van der Waals surface area contributed by atoms with Gasteiger partial charge in [-0.1, -0.05) is 31.9 Å². The quantitative estimate of drug-likeness (QED) is 0.851. The van der Waals surface area contributed by atoms with Crippen molar-refractivity contribution in [2.45, 2.75) is 51.1 Å². The van der Waals surface area contributed by atoms with Crippen LogP contribution >= 0.6 is 11.8 Å². The van der Waals surface area contributed by atoms with E-state index in [1.165, 1.54) is 53.0 Å². The summed E-state index contributed by atoms with van der Waals surface area (Å²) in [4.78, 5) is 8.44. The van der Waals surface area contributed by atoms with Crippen LogP contribution in [0.3, 0.4) is 0 Å². The number of fused-ring (bicyclic) bond motifs is 1. The average molecular weight is 313 g/mol. The molecule has 0 saturated heterocycles. The number of para-hydroxylation sites is 1. The van der Waals surface area contributed by atoms with Crippen molar-refractivity contribution in [1.29, 1.82) is 0 Å². The number of rotatable bonds is 4. The zero-order valence-electron chi connectivity index (χ0n) is 13.1. The summed E-state index contributed by atoms with van der Waals surface area (Å²) in [6.07, 6.45) is 6.44. The Bertz CT molecular complexity index is 697. The molecule has 1 saturated carbocycles. The second kappa shape index (κ2) is 5.99. The van der Waals surface area contributed by atoms with E-state index in [0.29, 0.717) is 12.1 Å². The lowest BCUT2D eigenvalue weighted by Crippen LogP contribution is -2.14. The molecule has 4 heteroatoms. The molecule has 1 fully saturated rings. The van der Waals surface area contributed by atoms with Gasteiger partial charge in [0.15, 0.2) is 0 Å². The first-order valence-corrected chi connectivity index (χ1v) is 9.41. The summed E-state index contributed by atoms with van der Waals surface area (Å²) in [5, 5.41) is 6.18. The molecular weight excluding hydrogens is 290 g/mol. The fourth-order valence-corrected chi connectivity index (χ4v) is 4.60. The van der Waals surface area contributed by atoms with Gasteiger partial charge in [0, 0.05) is 17.2 Å². The van der Waals surface area contributed by atoms with Crippen LogP contribution in [0.4, 0.5) is 5.69 Å². The highest BCUT2D eigenvalue weighted by molar-refractivity contribution is 8.14. The molecule has 0 amide bonds. The van der Waals surface area contributed by atoms with Crippen molar-refractivity contribution in [3.05, 3.63) is 30.0 Å². The van der Waals surface area contributed by atoms with Gasteiger partial charge in [-0.3, -0.25) is 4.99 Å². The fourth-order valence-electron chi connectivity index (χ4n) is 3.45. The highest BCUT2D eigenvalue weighted by Crippen LogP contribution is 2.31. The summed E-state index contributed by atoms with van der Waals surface area (Å²) in [5.41, 5.74) is 3.65. The third-order valence-electron chi connectivity index (χ3n) is 4.78. The Labute approximate surface area is 136 Å². The summed E-state index contributed by atoms with van der Waals surface area (Å²) in [6.45, 7) is 2.21. The molecule has 0 unspecified atom stereocenters. The Hall–Kier alpha value is -1.42. The molecule has 1 aromatic carbocycles. The smallest absolute Gasteiger partial charge is 0.114 e. The Morgan fingerprint density at radius 2 is 2.18 bits per heavy atom. The number of thioether (sulfide) groups is 1. The number of anilines is 1. The topological polar surface area (TPSA) is 40.2 Å². The van der Waals surface area contributed by atoms with Gasteiger partial charge in [0.1, 0.15) is 5.04 Å². The third kappa shape index (κ3) is 2.65. The minimum atomic E-state index is 0.488. The molecule has 2 aromatic rings. The van der Waals surface area contributed by atoms with Gasteiger partial charge in [-0.05, 0) is 31.4 Å². The van der Waals surface area contributed by atoms with Crippen molar-refractivity contribution in [2.75, 3.05) is 11.1 Å². The Morgan fingerprint density at radius 1 is 1.32 bits per heavy atom. The van der Waals surface area contributed by atoms with Crippen LogP contribution in [0.25, 0.3) is 10.9 Å². The van der Waals surface area contributed by atoms with E-state index in [-0.39, 0.29) is 0 Å². The normalized spacial score (nSPS) is 22.4. The molecule has 3 nitrogen and oxygen atoms in total. The van der Waals surface area contributed by atoms with Crippen LogP contribution in [0.1, 0.15) is 44.7 Å².